The van der Waals surface area contributed by atoms with Crippen molar-refractivity contribution in [2.45, 2.75) is 32.9 Å². The smallest absolute Gasteiger partial charge is 0.411 e. The van der Waals surface area contributed by atoms with E-state index in [9.17, 15) is 14.4 Å². The molecule has 2 aromatic heterocycles. The number of pyridine rings is 1. The molecule has 0 aliphatic carbocycles. The predicted molar refractivity (Wildman–Crippen MR) is 108 cm³/mol. The molecular formula is C19H22BN5O5. The van der Waals surface area contributed by atoms with Gasteiger partial charge in [0.15, 0.2) is 5.69 Å². The summed E-state index contributed by atoms with van der Waals surface area (Å²) in [4.78, 5) is 50.1. The lowest BCUT2D eigenvalue weighted by molar-refractivity contribution is -0.117. The maximum atomic E-state index is 12.6. The molecule has 30 heavy (non-hydrogen) atoms. The second-order valence-electron chi connectivity index (χ2n) is 7.24. The maximum Gasteiger partial charge on any atom is 0.411 e. The minimum atomic E-state index is -0.757. The fourth-order valence-corrected chi connectivity index (χ4v) is 2.32. The Kier molecular flexibility index (Phi) is 7.46. The molecule has 0 aliphatic rings. The summed E-state index contributed by atoms with van der Waals surface area (Å²) in [6.45, 7) is 4.80. The summed E-state index contributed by atoms with van der Waals surface area (Å²) in [6.07, 6.45) is 3.43. The summed E-state index contributed by atoms with van der Waals surface area (Å²) < 4.78 is 10.0. The average Bonchev–Trinajstić information content (AvgIpc) is 2.66. The lowest BCUT2D eigenvalue weighted by atomic mass is 9.98. The lowest BCUT2D eigenvalue weighted by Crippen LogP contribution is -2.41. The van der Waals surface area contributed by atoms with E-state index in [1.165, 1.54) is 36.8 Å². The van der Waals surface area contributed by atoms with Gasteiger partial charge in [-0.05, 0) is 32.9 Å². The molecule has 1 N–H and O–H groups in total. The van der Waals surface area contributed by atoms with Crippen LogP contribution in [-0.4, -0.2) is 64.9 Å². The molecule has 0 aromatic carbocycles. The summed E-state index contributed by atoms with van der Waals surface area (Å²) in [6, 6.07) is 2.99. The fourth-order valence-electron chi connectivity index (χ4n) is 2.32. The normalized spacial score (nSPS) is 10.8. The number of ether oxygens (including phenoxy) is 2. The van der Waals surface area contributed by atoms with Crippen molar-refractivity contribution in [1.82, 2.24) is 19.9 Å². The van der Waals surface area contributed by atoms with Crippen LogP contribution in [0.4, 0.5) is 10.5 Å². The molecule has 2 rings (SSSR count). The summed E-state index contributed by atoms with van der Waals surface area (Å²) in [5.41, 5.74) is -0.0435. The maximum absolute atomic E-state index is 12.6. The molecule has 11 heteroatoms. The molecule has 0 spiro atoms. The first-order valence-corrected chi connectivity index (χ1v) is 8.95. The average molecular weight is 411 g/mol. The second-order valence-corrected chi connectivity index (χ2v) is 7.24. The minimum Gasteiger partial charge on any atom is -0.464 e. The van der Waals surface area contributed by atoms with E-state index in [0.29, 0.717) is 5.69 Å². The van der Waals surface area contributed by atoms with E-state index in [4.69, 9.17) is 12.6 Å². The number of nitrogens with one attached hydrogen (secondary N) is 1. The first-order chi connectivity index (χ1) is 14.1. The minimum absolute atomic E-state index is 0.0177. The number of aromatic nitrogens is 3. The van der Waals surface area contributed by atoms with Crippen LogP contribution in [0.5, 0.6) is 0 Å². The van der Waals surface area contributed by atoms with Gasteiger partial charge in [0.2, 0.25) is 5.91 Å². The summed E-state index contributed by atoms with van der Waals surface area (Å²) in [5.74, 6) is -1.33. The van der Waals surface area contributed by atoms with Crippen LogP contribution in [0, 0.1) is 0 Å². The lowest BCUT2D eigenvalue weighted by Gasteiger charge is -2.27. The van der Waals surface area contributed by atoms with Crippen LogP contribution in [0.25, 0.3) is 0 Å². The number of esters is 1. The molecule has 0 saturated heterocycles. The van der Waals surface area contributed by atoms with E-state index < -0.39 is 23.6 Å². The third kappa shape index (κ3) is 6.84. The van der Waals surface area contributed by atoms with Crippen LogP contribution >= 0.6 is 0 Å². The van der Waals surface area contributed by atoms with Gasteiger partial charge in [-0.3, -0.25) is 9.69 Å². The number of methoxy groups -OCH3 is 1. The molecule has 2 amide bonds. The molecule has 0 atom stereocenters. The zero-order valence-electron chi connectivity index (χ0n) is 17.2. The predicted octanol–water partition coefficient (Wildman–Crippen LogP) is 0.828. The van der Waals surface area contributed by atoms with Crippen LogP contribution in [0.15, 0.2) is 30.9 Å². The summed E-state index contributed by atoms with van der Waals surface area (Å²) in [7, 11) is 6.89. The number of carbonyl (C=O) groups is 3. The van der Waals surface area contributed by atoms with E-state index in [0.717, 1.165) is 0 Å². The molecule has 10 nitrogen and oxygen atoms in total. The van der Waals surface area contributed by atoms with Gasteiger partial charge in [-0.2, -0.15) is 0 Å². The Balaban J connectivity index is 2.21. The first-order valence-electron chi connectivity index (χ1n) is 8.95. The fraction of sp³-hybridized carbons (Fsp3) is 0.368. The van der Waals surface area contributed by atoms with Gasteiger partial charge in [-0.25, -0.2) is 24.5 Å². The van der Waals surface area contributed by atoms with Crippen LogP contribution in [0.1, 0.15) is 37.0 Å². The highest BCUT2D eigenvalue weighted by molar-refractivity contribution is 6.32. The monoisotopic (exact) mass is 411 g/mol. The highest BCUT2D eigenvalue weighted by atomic mass is 16.6. The molecule has 0 aliphatic heterocycles. The van der Waals surface area contributed by atoms with Gasteiger partial charge < -0.3 is 14.8 Å². The molecule has 2 radical (unpaired) electrons. The van der Waals surface area contributed by atoms with Crippen LogP contribution < -0.4 is 10.8 Å². The number of nitrogens with zero attached hydrogens (tertiary/aromatic N) is 4. The molecule has 2 aromatic rings. The van der Waals surface area contributed by atoms with E-state index in [-0.39, 0.29) is 29.9 Å². The van der Waals surface area contributed by atoms with Crippen LogP contribution in [0.3, 0.4) is 0 Å². The molecule has 0 fully saturated rings. The highest BCUT2D eigenvalue weighted by Crippen LogP contribution is 2.14. The Hall–Kier alpha value is -3.50. The Morgan fingerprint density at radius 3 is 2.57 bits per heavy atom. The largest absolute Gasteiger partial charge is 0.464 e. The van der Waals surface area contributed by atoms with E-state index >= 15 is 0 Å². The van der Waals surface area contributed by atoms with Crippen LogP contribution in [0.2, 0.25) is 0 Å². The number of hydrogen-bond donors (Lipinski definition) is 1. The van der Waals surface area contributed by atoms with Gasteiger partial charge in [0.1, 0.15) is 26.3 Å². The first kappa shape index (κ1) is 22.8. The highest BCUT2D eigenvalue weighted by Gasteiger charge is 2.25. The molecule has 156 valence electrons. The number of carbonyl (C=O) groups excluding carboxylic acids is 3. The van der Waals surface area contributed by atoms with Crippen molar-refractivity contribution in [2.24, 2.45) is 0 Å². The van der Waals surface area contributed by atoms with E-state index in [1.807, 2.05) is 0 Å². The Labute approximate surface area is 175 Å². The van der Waals surface area contributed by atoms with Crippen molar-refractivity contribution in [3.63, 3.8) is 0 Å². The number of anilines is 1. The van der Waals surface area contributed by atoms with E-state index in [2.05, 4.69) is 25.0 Å². The van der Waals surface area contributed by atoms with Gasteiger partial charge in [-0.1, -0.05) is 5.46 Å². The van der Waals surface area contributed by atoms with Crippen LogP contribution in [-0.2, 0) is 20.8 Å². The Morgan fingerprint density at radius 1 is 1.23 bits per heavy atom. The molecule has 0 unspecified atom stereocenters. The third-order valence-corrected chi connectivity index (χ3v) is 3.54. The molecular weight excluding hydrogens is 389 g/mol. The zero-order valence-corrected chi connectivity index (χ0v) is 17.2. The number of hydrogen-bond acceptors (Lipinski definition) is 8. The van der Waals surface area contributed by atoms with Gasteiger partial charge in [0, 0.05) is 12.4 Å². The third-order valence-electron chi connectivity index (χ3n) is 3.54. The Morgan fingerprint density at radius 2 is 1.97 bits per heavy atom. The van der Waals surface area contributed by atoms with Crippen molar-refractivity contribution in [3.8, 4) is 0 Å². The quantitative estimate of drug-likeness (QED) is 0.548. The molecule has 2 heterocycles. The van der Waals surface area contributed by atoms with Gasteiger partial charge in [0.25, 0.3) is 0 Å². The van der Waals surface area contributed by atoms with Gasteiger partial charge >= 0.3 is 12.1 Å². The van der Waals surface area contributed by atoms with Crippen molar-refractivity contribution >= 4 is 37.0 Å². The number of amides is 2. The van der Waals surface area contributed by atoms with E-state index in [1.54, 1.807) is 26.8 Å². The summed E-state index contributed by atoms with van der Waals surface area (Å²) >= 11 is 0. The van der Waals surface area contributed by atoms with Gasteiger partial charge in [0.05, 0.1) is 25.0 Å². The summed E-state index contributed by atoms with van der Waals surface area (Å²) in [5, 5.41) is 2.54. The van der Waals surface area contributed by atoms with Crippen molar-refractivity contribution in [3.05, 3.63) is 42.2 Å². The Bertz CT molecular complexity index is 917. The van der Waals surface area contributed by atoms with Crippen molar-refractivity contribution in [1.29, 1.82) is 0 Å². The topological polar surface area (TPSA) is 124 Å². The second kappa shape index (κ2) is 9.81. The van der Waals surface area contributed by atoms with Crippen molar-refractivity contribution in [2.75, 3.05) is 19.0 Å². The standard InChI is InChI=1S/C19H22BN5O5/c1-19(2,3)30-18(28)25(9-13-5-6-21-11-23-13)10-15(26)24-14-7-12(20)8-22-16(14)17(27)29-4/h5-8,11H,9-10H2,1-4H3,(H,24,26). The zero-order chi connectivity index (χ0) is 22.3. The number of rotatable bonds is 6. The molecule has 0 bridgehead atoms. The van der Waals surface area contributed by atoms with Gasteiger partial charge in [-0.15, -0.1) is 0 Å². The SMILES string of the molecule is [B]c1cnc(C(=O)OC)c(NC(=O)CN(Cc2ccncn2)C(=O)OC(C)(C)C)c1. The van der Waals surface area contributed by atoms with Crippen molar-refractivity contribution < 1.29 is 23.9 Å². The molecule has 0 saturated carbocycles.